The van der Waals surface area contributed by atoms with Gasteiger partial charge in [-0.25, -0.2) is 4.98 Å². The van der Waals surface area contributed by atoms with E-state index in [1.54, 1.807) is 6.26 Å². The minimum Gasteiger partial charge on any atom is -0.464 e. The largest absolute Gasteiger partial charge is 0.464 e. The van der Waals surface area contributed by atoms with Gasteiger partial charge >= 0.3 is 0 Å². The highest BCUT2D eigenvalue weighted by Gasteiger charge is 2.26. The zero-order chi connectivity index (χ0) is 20.5. The fraction of sp³-hybridized carbons (Fsp3) is 0.227. The summed E-state index contributed by atoms with van der Waals surface area (Å²) < 4.78 is 7.53. The summed E-state index contributed by atoms with van der Waals surface area (Å²) in [6.45, 7) is 3.52. The molecular formula is C22H22N4O3. The van der Waals surface area contributed by atoms with Gasteiger partial charge in [0.2, 0.25) is 5.91 Å². The summed E-state index contributed by atoms with van der Waals surface area (Å²) in [5.74, 6) is -0.0581. The van der Waals surface area contributed by atoms with E-state index in [0.29, 0.717) is 17.7 Å². The molecule has 29 heavy (non-hydrogen) atoms. The first-order valence-corrected chi connectivity index (χ1v) is 9.43. The molecule has 3 aromatic rings. The van der Waals surface area contributed by atoms with Crippen molar-refractivity contribution in [3.63, 3.8) is 0 Å². The lowest BCUT2D eigenvalue weighted by Crippen LogP contribution is -2.35. The Labute approximate surface area is 167 Å². The highest BCUT2D eigenvalue weighted by Crippen LogP contribution is 2.39. The Bertz CT molecular complexity index is 1140. The number of allylic oxidation sites excluding steroid dienone is 1. The van der Waals surface area contributed by atoms with E-state index in [-0.39, 0.29) is 11.9 Å². The Morgan fingerprint density at radius 3 is 2.97 bits per heavy atom. The van der Waals surface area contributed by atoms with Crippen molar-refractivity contribution >= 4 is 28.4 Å². The quantitative estimate of drug-likeness (QED) is 0.653. The molecule has 0 fully saturated rings. The zero-order valence-electron chi connectivity index (χ0n) is 16.1. The molecule has 4 rings (SSSR count). The SMILES string of the molecule is C=CC(=O)NC1CCC=C(c2c(C(N)=O)cnc3c2c(-c2ccco2)cn3C)C1. The number of nitrogens with zero attached hydrogens (tertiary/aromatic N) is 2. The summed E-state index contributed by atoms with van der Waals surface area (Å²) in [6, 6.07) is 3.65. The number of fused-ring (bicyclic) bond motifs is 1. The lowest BCUT2D eigenvalue weighted by Gasteiger charge is -2.25. The molecule has 1 atom stereocenters. The van der Waals surface area contributed by atoms with Crippen LogP contribution in [0.3, 0.4) is 0 Å². The van der Waals surface area contributed by atoms with Crippen LogP contribution in [0.2, 0.25) is 0 Å². The number of furan rings is 1. The van der Waals surface area contributed by atoms with Crippen molar-refractivity contribution in [2.75, 3.05) is 0 Å². The van der Waals surface area contributed by atoms with Gasteiger partial charge in [-0.15, -0.1) is 0 Å². The summed E-state index contributed by atoms with van der Waals surface area (Å²) in [5, 5.41) is 3.78. The number of amides is 2. The van der Waals surface area contributed by atoms with Gasteiger partial charge in [0.05, 0.1) is 11.8 Å². The van der Waals surface area contributed by atoms with Crippen molar-refractivity contribution in [3.8, 4) is 11.3 Å². The van der Waals surface area contributed by atoms with Gasteiger partial charge in [-0.1, -0.05) is 12.7 Å². The molecule has 7 nitrogen and oxygen atoms in total. The molecule has 1 aliphatic rings. The first-order chi connectivity index (χ1) is 14.0. The maximum atomic E-state index is 12.3. The van der Waals surface area contributed by atoms with E-state index in [4.69, 9.17) is 10.2 Å². The molecule has 0 saturated carbocycles. The first-order valence-electron chi connectivity index (χ1n) is 9.43. The Balaban J connectivity index is 1.91. The fourth-order valence-electron chi connectivity index (χ4n) is 3.98. The van der Waals surface area contributed by atoms with E-state index in [1.807, 2.05) is 29.9 Å². The second kappa shape index (κ2) is 7.43. The van der Waals surface area contributed by atoms with Crippen molar-refractivity contribution in [1.29, 1.82) is 0 Å². The lowest BCUT2D eigenvalue weighted by molar-refractivity contribution is -0.117. The van der Waals surface area contributed by atoms with Gasteiger partial charge in [0.15, 0.2) is 0 Å². The summed E-state index contributed by atoms with van der Waals surface area (Å²) in [6.07, 6.45) is 10.6. The predicted octanol–water partition coefficient (Wildman–Crippen LogP) is 3.17. The molecule has 0 aromatic carbocycles. The number of primary amides is 1. The number of carbonyl (C=O) groups excluding carboxylic acids is 2. The highest BCUT2D eigenvalue weighted by molar-refractivity contribution is 6.09. The van der Waals surface area contributed by atoms with Gasteiger partial charge in [0.1, 0.15) is 11.4 Å². The van der Waals surface area contributed by atoms with Crippen molar-refractivity contribution < 1.29 is 14.0 Å². The Morgan fingerprint density at radius 1 is 1.45 bits per heavy atom. The van der Waals surface area contributed by atoms with Crippen LogP contribution in [0.5, 0.6) is 0 Å². The van der Waals surface area contributed by atoms with Crippen LogP contribution < -0.4 is 11.1 Å². The summed E-state index contributed by atoms with van der Waals surface area (Å²) in [7, 11) is 1.90. The van der Waals surface area contributed by atoms with Crippen molar-refractivity contribution in [1.82, 2.24) is 14.9 Å². The van der Waals surface area contributed by atoms with E-state index in [9.17, 15) is 9.59 Å². The second-order valence-corrected chi connectivity index (χ2v) is 7.16. The fourth-order valence-corrected chi connectivity index (χ4v) is 3.98. The van der Waals surface area contributed by atoms with Gasteiger partial charge < -0.3 is 20.0 Å². The number of carbonyl (C=O) groups is 2. The number of aryl methyl sites for hydroxylation is 1. The third-order valence-electron chi connectivity index (χ3n) is 5.26. The third-order valence-corrected chi connectivity index (χ3v) is 5.26. The molecule has 1 unspecified atom stereocenters. The molecule has 0 aliphatic heterocycles. The number of nitrogens with two attached hydrogens (primary N) is 1. The molecule has 148 valence electrons. The van der Waals surface area contributed by atoms with E-state index < -0.39 is 5.91 Å². The number of aromatic nitrogens is 2. The van der Waals surface area contributed by atoms with Crippen LogP contribution in [0.1, 0.15) is 35.2 Å². The third kappa shape index (κ3) is 3.35. The highest BCUT2D eigenvalue weighted by atomic mass is 16.3. The maximum Gasteiger partial charge on any atom is 0.250 e. The topological polar surface area (TPSA) is 103 Å². The smallest absolute Gasteiger partial charge is 0.250 e. The summed E-state index contributed by atoms with van der Waals surface area (Å²) in [4.78, 5) is 28.5. The molecule has 2 amide bonds. The number of pyridine rings is 1. The van der Waals surface area contributed by atoms with Gasteiger partial charge in [-0.05, 0) is 43.0 Å². The molecule has 1 aliphatic carbocycles. The molecule has 0 radical (unpaired) electrons. The first kappa shape index (κ1) is 18.7. The van der Waals surface area contributed by atoms with E-state index in [2.05, 4.69) is 23.0 Å². The molecule has 0 bridgehead atoms. The Kier molecular flexibility index (Phi) is 4.80. The molecular weight excluding hydrogens is 368 g/mol. The van der Waals surface area contributed by atoms with Crippen molar-refractivity contribution in [2.45, 2.75) is 25.3 Å². The normalized spacial score (nSPS) is 16.4. The summed E-state index contributed by atoms with van der Waals surface area (Å²) in [5.41, 5.74) is 9.36. The number of hydrogen-bond acceptors (Lipinski definition) is 4. The predicted molar refractivity (Wildman–Crippen MR) is 111 cm³/mol. The Hall–Kier alpha value is -3.61. The van der Waals surface area contributed by atoms with Crippen LogP contribution in [0.4, 0.5) is 0 Å². The van der Waals surface area contributed by atoms with E-state index in [0.717, 1.165) is 40.6 Å². The number of nitrogens with one attached hydrogen (secondary N) is 1. The minimum atomic E-state index is -0.540. The van der Waals surface area contributed by atoms with E-state index >= 15 is 0 Å². The number of hydrogen-bond donors (Lipinski definition) is 2. The average Bonchev–Trinajstić information content (AvgIpc) is 3.35. The van der Waals surface area contributed by atoms with Crippen LogP contribution in [0.25, 0.3) is 27.9 Å². The molecule has 7 heteroatoms. The molecule has 3 N–H and O–H groups in total. The average molecular weight is 390 g/mol. The number of rotatable bonds is 5. The van der Waals surface area contributed by atoms with Crippen molar-refractivity contribution in [3.05, 3.63) is 60.6 Å². The van der Waals surface area contributed by atoms with Crippen LogP contribution in [-0.2, 0) is 11.8 Å². The van der Waals surface area contributed by atoms with Gasteiger partial charge in [0.25, 0.3) is 5.91 Å². The van der Waals surface area contributed by atoms with Gasteiger partial charge in [-0.3, -0.25) is 9.59 Å². The minimum absolute atomic E-state index is 0.0415. The lowest BCUT2D eigenvalue weighted by atomic mass is 9.86. The van der Waals surface area contributed by atoms with Crippen LogP contribution >= 0.6 is 0 Å². The van der Waals surface area contributed by atoms with Crippen molar-refractivity contribution in [2.24, 2.45) is 12.8 Å². The maximum absolute atomic E-state index is 12.3. The molecule has 3 heterocycles. The van der Waals surface area contributed by atoms with Crippen LogP contribution in [-0.4, -0.2) is 27.4 Å². The second-order valence-electron chi connectivity index (χ2n) is 7.16. The standard InChI is InChI=1S/C22H22N4O3/c1-3-18(27)25-14-7-4-6-13(10-14)19-15(21(23)28)11-24-22-20(19)16(12-26(22)2)17-8-5-9-29-17/h3,5-6,8-9,11-12,14H,1,4,7,10H2,2H3,(H2,23,28)(H,25,27). The molecule has 0 saturated heterocycles. The van der Waals surface area contributed by atoms with Gasteiger partial charge in [-0.2, -0.15) is 0 Å². The molecule has 0 spiro atoms. The zero-order valence-corrected chi connectivity index (χ0v) is 16.1. The van der Waals surface area contributed by atoms with Gasteiger partial charge in [0, 0.05) is 42.0 Å². The van der Waals surface area contributed by atoms with Crippen LogP contribution in [0.15, 0.2) is 53.9 Å². The van der Waals surface area contributed by atoms with E-state index in [1.165, 1.54) is 12.3 Å². The molecule has 3 aromatic heterocycles. The summed E-state index contributed by atoms with van der Waals surface area (Å²) >= 11 is 0. The monoisotopic (exact) mass is 390 g/mol. The Morgan fingerprint density at radius 2 is 2.28 bits per heavy atom. The van der Waals surface area contributed by atoms with Crippen LogP contribution in [0, 0.1) is 0 Å².